The summed E-state index contributed by atoms with van der Waals surface area (Å²) in [5.74, 6) is 0. The third kappa shape index (κ3) is 3.04. The number of nitrogens with one attached hydrogen (secondary N) is 1. The summed E-state index contributed by atoms with van der Waals surface area (Å²) in [5, 5.41) is 3.41. The van der Waals surface area contributed by atoms with Crippen molar-refractivity contribution in [2.75, 3.05) is 5.73 Å². The van der Waals surface area contributed by atoms with Crippen LogP contribution in [-0.2, 0) is 6.54 Å². The zero-order valence-corrected chi connectivity index (χ0v) is 9.93. The average molecular weight is 227 g/mol. The molecular formula is C14H17N3. The molecule has 1 aromatic carbocycles. The monoisotopic (exact) mass is 227 g/mol. The molecule has 1 unspecified atom stereocenters. The van der Waals surface area contributed by atoms with E-state index >= 15 is 0 Å². The summed E-state index contributed by atoms with van der Waals surface area (Å²) >= 11 is 0. The number of anilines is 1. The SMILES string of the molecule is CC(NCc1ccccn1)c1ccccc1N. The zero-order chi connectivity index (χ0) is 12.1. The topological polar surface area (TPSA) is 50.9 Å². The molecule has 1 atom stereocenters. The number of rotatable bonds is 4. The summed E-state index contributed by atoms with van der Waals surface area (Å²) in [4.78, 5) is 4.27. The van der Waals surface area contributed by atoms with Crippen LogP contribution in [0, 0.1) is 0 Å². The van der Waals surface area contributed by atoms with Gasteiger partial charge in [0.2, 0.25) is 0 Å². The van der Waals surface area contributed by atoms with Crippen molar-refractivity contribution in [1.29, 1.82) is 0 Å². The molecule has 1 heterocycles. The van der Waals surface area contributed by atoms with E-state index < -0.39 is 0 Å². The fourth-order valence-electron chi connectivity index (χ4n) is 1.78. The van der Waals surface area contributed by atoms with Gasteiger partial charge in [0.05, 0.1) is 5.69 Å². The summed E-state index contributed by atoms with van der Waals surface area (Å²) in [5.41, 5.74) is 8.93. The number of hydrogen-bond donors (Lipinski definition) is 2. The first-order valence-corrected chi connectivity index (χ1v) is 5.75. The summed E-state index contributed by atoms with van der Waals surface area (Å²) in [6, 6.07) is 14.1. The molecule has 17 heavy (non-hydrogen) atoms. The number of benzene rings is 1. The lowest BCUT2D eigenvalue weighted by Gasteiger charge is -2.15. The predicted molar refractivity (Wildman–Crippen MR) is 70.3 cm³/mol. The molecule has 3 heteroatoms. The summed E-state index contributed by atoms with van der Waals surface area (Å²) < 4.78 is 0. The number of nitrogens with zero attached hydrogens (tertiary/aromatic N) is 1. The Balaban J connectivity index is 1.99. The van der Waals surface area contributed by atoms with Crippen LogP contribution in [0.15, 0.2) is 48.7 Å². The third-order valence-corrected chi connectivity index (χ3v) is 2.78. The number of hydrogen-bond acceptors (Lipinski definition) is 3. The maximum absolute atomic E-state index is 5.93. The minimum atomic E-state index is 0.221. The van der Waals surface area contributed by atoms with Gasteiger partial charge in [0, 0.05) is 24.5 Å². The first-order chi connectivity index (χ1) is 8.27. The maximum Gasteiger partial charge on any atom is 0.0541 e. The second-order valence-corrected chi connectivity index (χ2v) is 4.05. The Hall–Kier alpha value is -1.87. The quantitative estimate of drug-likeness (QED) is 0.789. The van der Waals surface area contributed by atoms with Crippen LogP contribution in [0.25, 0.3) is 0 Å². The molecule has 88 valence electrons. The van der Waals surface area contributed by atoms with Gasteiger partial charge in [-0.15, -0.1) is 0 Å². The predicted octanol–water partition coefficient (Wildman–Crippen LogP) is 2.51. The Kier molecular flexibility index (Phi) is 3.73. The minimum Gasteiger partial charge on any atom is -0.398 e. The van der Waals surface area contributed by atoms with Gasteiger partial charge in [-0.05, 0) is 30.7 Å². The van der Waals surface area contributed by atoms with Crippen LogP contribution in [0.1, 0.15) is 24.2 Å². The van der Waals surface area contributed by atoms with Gasteiger partial charge in [-0.25, -0.2) is 0 Å². The van der Waals surface area contributed by atoms with Crippen molar-refractivity contribution in [3.8, 4) is 0 Å². The van der Waals surface area contributed by atoms with Crippen molar-refractivity contribution in [3.63, 3.8) is 0 Å². The van der Waals surface area contributed by atoms with E-state index in [-0.39, 0.29) is 6.04 Å². The molecule has 0 spiro atoms. The Labute approximate surface area is 102 Å². The highest BCUT2D eigenvalue weighted by molar-refractivity contribution is 5.47. The van der Waals surface area contributed by atoms with E-state index in [9.17, 15) is 0 Å². The highest BCUT2D eigenvalue weighted by Crippen LogP contribution is 2.19. The number of pyridine rings is 1. The number of nitrogen functional groups attached to an aromatic ring is 1. The van der Waals surface area contributed by atoms with Crippen LogP contribution in [0.3, 0.4) is 0 Å². The first-order valence-electron chi connectivity index (χ1n) is 5.75. The van der Waals surface area contributed by atoms with Gasteiger partial charge >= 0.3 is 0 Å². The average Bonchev–Trinajstić information content (AvgIpc) is 2.38. The second-order valence-electron chi connectivity index (χ2n) is 4.05. The van der Waals surface area contributed by atoms with Crippen molar-refractivity contribution in [2.45, 2.75) is 19.5 Å². The van der Waals surface area contributed by atoms with E-state index in [1.807, 2.05) is 42.5 Å². The normalized spacial score (nSPS) is 12.3. The van der Waals surface area contributed by atoms with Gasteiger partial charge in [-0.1, -0.05) is 24.3 Å². The molecule has 3 nitrogen and oxygen atoms in total. The van der Waals surface area contributed by atoms with Crippen LogP contribution >= 0.6 is 0 Å². The van der Waals surface area contributed by atoms with Crippen LogP contribution in [0.5, 0.6) is 0 Å². The number of para-hydroxylation sites is 1. The molecule has 0 radical (unpaired) electrons. The van der Waals surface area contributed by atoms with E-state index in [0.717, 1.165) is 23.5 Å². The lowest BCUT2D eigenvalue weighted by Crippen LogP contribution is -2.19. The first kappa shape index (κ1) is 11.6. The molecule has 0 aliphatic heterocycles. The lowest BCUT2D eigenvalue weighted by atomic mass is 10.1. The van der Waals surface area contributed by atoms with Gasteiger partial charge in [0.15, 0.2) is 0 Å². The van der Waals surface area contributed by atoms with Crippen molar-refractivity contribution in [1.82, 2.24) is 10.3 Å². The Bertz CT molecular complexity index is 468. The van der Waals surface area contributed by atoms with Crippen molar-refractivity contribution in [3.05, 3.63) is 59.9 Å². The molecule has 0 saturated carbocycles. The standard InChI is InChI=1S/C14H17N3/c1-11(13-7-2-3-8-14(13)15)17-10-12-6-4-5-9-16-12/h2-9,11,17H,10,15H2,1H3. The van der Waals surface area contributed by atoms with Gasteiger partial charge in [0.1, 0.15) is 0 Å². The third-order valence-electron chi connectivity index (χ3n) is 2.78. The number of nitrogens with two attached hydrogens (primary N) is 1. The molecule has 0 amide bonds. The summed E-state index contributed by atoms with van der Waals surface area (Å²) in [6.07, 6.45) is 1.80. The molecular weight excluding hydrogens is 210 g/mol. The Morgan fingerprint density at radius 2 is 1.94 bits per heavy atom. The van der Waals surface area contributed by atoms with E-state index in [4.69, 9.17) is 5.73 Å². The molecule has 1 aromatic heterocycles. The highest BCUT2D eigenvalue weighted by atomic mass is 14.9. The summed E-state index contributed by atoms with van der Waals surface area (Å²) in [7, 11) is 0. The van der Waals surface area contributed by atoms with Gasteiger partial charge in [0.25, 0.3) is 0 Å². The number of aromatic nitrogens is 1. The van der Waals surface area contributed by atoms with Crippen LogP contribution < -0.4 is 11.1 Å². The van der Waals surface area contributed by atoms with Gasteiger partial charge in [-0.2, -0.15) is 0 Å². The summed E-state index contributed by atoms with van der Waals surface area (Å²) in [6.45, 7) is 2.85. The Morgan fingerprint density at radius 3 is 2.65 bits per heavy atom. The fraction of sp³-hybridized carbons (Fsp3) is 0.214. The molecule has 0 fully saturated rings. The molecule has 2 aromatic rings. The van der Waals surface area contributed by atoms with E-state index in [1.54, 1.807) is 6.20 Å². The molecule has 0 saturated heterocycles. The van der Waals surface area contributed by atoms with Crippen LogP contribution in [0.4, 0.5) is 5.69 Å². The lowest BCUT2D eigenvalue weighted by molar-refractivity contribution is 0.569. The highest BCUT2D eigenvalue weighted by Gasteiger charge is 2.07. The molecule has 0 aliphatic carbocycles. The van der Waals surface area contributed by atoms with Gasteiger partial charge in [-0.3, -0.25) is 4.98 Å². The van der Waals surface area contributed by atoms with Crippen molar-refractivity contribution < 1.29 is 0 Å². The fourth-order valence-corrected chi connectivity index (χ4v) is 1.78. The minimum absolute atomic E-state index is 0.221. The van der Waals surface area contributed by atoms with E-state index in [1.165, 1.54) is 0 Å². The van der Waals surface area contributed by atoms with Crippen molar-refractivity contribution >= 4 is 5.69 Å². The molecule has 0 aliphatic rings. The zero-order valence-electron chi connectivity index (χ0n) is 9.93. The van der Waals surface area contributed by atoms with E-state index in [0.29, 0.717) is 0 Å². The smallest absolute Gasteiger partial charge is 0.0541 e. The molecule has 2 rings (SSSR count). The molecule has 0 bridgehead atoms. The van der Waals surface area contributed by atoms with Gasteiger partial charge < -0.3 is 11.1 Å². The van der Waals surface area contributed by atoms with E-state index in [2.05, 4.69) is 17.2 Å². The van der Waals surface area contributed by atoms with Crippen LogP contribution in [-0.4, -0.2) is 4.98 Å². The van der Waals surface area contributed by atoms with Crippen molar-refractivity contribution in [2.24, 2.45) is 0 Å². The largest absolute Gasteiger partial charge is 0.398 e. The molecule has 3 N–H and O–H groups in total. The second kappa shape index (κ2) is 5.46. The maximum atomic E-state index is 5.93. The van der Waals surface area contributed by atoms with Crippen LogP contribution in [0.2, 0.25) is 0 Å². The Morgan fingerprint density at radius 1 is 1.18 bits per heavy atom.